The minimum absolute atomic E-state index is 0.265. The molecule has 3 atom stereocenters. The van der Waals surface area contributed by atoms with Crippen LogP contribution < -0.4 is 9.96 Å². The van der Waals surface area contributed by atoms with Gasteiger partial charge in [-0.1, -0.05) is 72.3 Å². The first-order chi connectivity index (χ1) is 16.1. The van der Waals surface area contributed by atoms with Gasteiger partial charge in [-0.05, 0) is 52.7 Å². The van der Waals surface area contributed by atoms with Crippen LogP contribution in [0.4, 0.5) is 11.4 Å². The number of amides is 2. The third kappa shape index (κ3) is 3.20. The normalized spacial score (nSPS) is 22.3. The van der Waals surface area contributed by atoms with Crippen LogP contribution in [0.5, 0.6) is 0 Å². The average Bonchev–Trinajstić information content (AvgIpc) is 3.36. The van der Waals surface area contributed by atoms with E-state index in [4.69, 9.17) is 16.4 Å². The van der Waals surface area contributed by atoms with Crippen LogP contribution in [-0.2, 0) is 14.4 Å². The molecule has 4 aromatic carbocycles. The van der Waals surface area contributed by atoms with E-state index in [1.807, 2.05) is 84.9 Å². The van der Waals surface area contributed by atoms with Crippen LogP contribution in [-0.4, -0.2) is 17.9 Å². The molecule has 4 aromatic rings. The molecule has 33 heavy (non-hydrogen) atoms. The molecule has 6 rings (SSSR count). The van der Waals surface area contributed by atoms with Crippen molar-refractivity contribution in [2.24, 2.45) is 5.92 Å². The molecule has 162 valence electrons. The van der Waals surface area contributed by atoms with Crippen molar-refractivity contribution in [2.75, 3.05) is 9.96 Å². The summed E-state index contributed by atoms with van der Waals surface area (Å²) in [5.74, 6) is -1.29. The Morgan fingerprint density at radius 3 is 2.15 bits per heavy atom. The summed E-state index contributed by atoms with van der Waals surface area (Å²) in [6.07, 6.45) is -0.898. The molecule has 6 heteroatoms. The second-order valence-electron chi connectivity index (χ2n) is 8.25. The minimum atomic E-state index is -0.898. The van der Waals surface area contributed by atoms with Gasteiger partial charge in [-0.3, -0.25) is 14.4 Å². The second kappa shape index (κ2) is 7.73. The first kappa shape index (κ1) is 20.0. The average molecular weight is 455 g/mol. The minimum Gasteiger partial charge on any atom is -0.273 e. The van der Waals surface area contributed by atoms with Crippen molar-refractivity contribution >= 4 is 45.6 Å². The zero-order valence-electron chi connectivity index (χ0n) is 17.5. The highest BCUT2D eigenvalue weighted by Crippen LogP contribution is 2.47. The molecular weight excluding hydrogens is 436 g/mol. The van der Waals surface area contributed by atoms with E-state index < -0.39 is 18.1 Å². The maximum atomic E-state index is 13.7. The van der Waals surface area contributed by atoms with Crippen LogP contribution in [0, 0.1) is 5.92 Å². The van der Waals surface area contributed by atoms with E-state index in [1.165, 1.54) is 4.90 Å². The van der Waals surface area contributed by atoms with Crippen molar-refractivity contribution in [1.29, 1.82) is 0 Å². The Kier molecular flexibility index (Phi) is 4.68. The molecule has 0 saturated carbocycles. The first-order valence-corrected chi connectivity index (χ1v) is 11.1. The van der Waals surface area contributed by atoms with Gasteiger partial charge in [0.1, 0.15) is 5.92 Å². The number of hydrogen-bond donors (Lipinski definition) is 0. The van der Waals surface area contributed by atoms with Crippen LogP contribution in [0.25, 0.3) is 10.8 Å². The fourth-order valence-corrected chi connectivity index (χ4v) is 4.91. The van der Waals surface area contributed by atoms with Gasteiger partial charge in [0, 0.05) is 5.02 Å². The lowest BCUT2D eigenvalue weighted by molar-refractivity contribution is -0.126. The Labute approximate surface area is 195 Å². The largest absolute Gasteiger partial charge is 0.273 e. The van der Waals surface area contributed by atoms with Crippen molar-refractivity contribution < 1.29 is 14.4 Å². The Bertz CT molecular complexity index is 1370. The quantitative estimate of drug-likeness (QED) is 0.381. The van der Waals surface area contributed by atoms with Gasteiger partial charge in [-0.25, -0.2) is 9.96 Å². The molecule has 2 aliphatic heterocycles. The van der Waals surface area contributed by atoms with Crippen LogP contribution in [0.1, 0.15) is 11.6 Å². The Morgan fingerprint density at radius 2 is 1.39 bits per heavy atom. The Balaban J connectivity index is 1.43. The number of anilines is 2. The Morgan fingerprint density at radius 1 is 0.697 bits per heavy atom. The molecule has 0 aromatic heterocycles. The standard InChI is InChI=1S/C27H19ClN2O3/c28-20-13-10-18(11-14-20)24-23-25(33-30(24)21-8-2-1-3-9-21)27(32)29(26(23)31)22-15-12-17-6-4-5-7-19(17)16-22/h1-16,23-25H. The molecule has 2 fully saturated rings. The van der Waals surface area contributed by atoms with Crippen LogP contribution in [0.15, 0.2) is 97.1 Å². The van der Waals surface area contributed by atoms with Crippen molar-refractivity contribution in [3.8, 4) is 0 Å². The van der Waals surface area contributed by atoms with Crippen LogP contribution in [0.2, 0.25) is 5.02 Å². The van der Waals surface area contributed by atoms with Crippen molar-refractivity contribution in [2.45, 2.75) is 12.1 Å². The van der Waals surface area contributed by atoms with Crippen molar-refractivity contribution in [1.82, 2.24) is 0 Å². The highest BCUT2D eigenvalue weighted by Gasteiger charge is 2.60. The van der Waals surface area contributed by atoms with Crippen molar-refractivity contribution in [3.63, 3.8) is 0 Å². The summed E-state index contributed by atoms with van der Waals surface area (Å²) < 4.78 is 0. The molecule has 2 aliphatic rings. The molecule has 5 nitrogen and oxygen atoms in total. The predicted molar refractivity (Wildman–Crippen MR) is 128 cm³/mol. The number of para-hydroxylation sites is 1. The number of rotatable bonds is 3. The third-order valence-electron chi connectivity index (χ3n) is 6.33. The highest BCUT2D eigenvalue weighted by atomic mass is 35.5. The van der Waals surface area contributed by atoms with E-state index in [1.54, 1.807) is 17.2 Å². The number of carbonyl (C=O) groups excluding carboxylic acids is 2. The molecule has 0 spiro atoms. The molecule has 3 unspecified atom stereocenters. The number of nitrogens with zero attached hydrogens (tertiary/aromatic N) is 2. The zero-order chi connectivity index (χ0) is 22.5. The maximum Gasteiger partial charge on any atom is 0.266 e. The number of carbonyl (C=O) groups is 2. The lowest BCUT2D eigenvalue weighted by Gasteiger charge is -2.28. The van der Waals surface area contributed by atoms with Crippen LogP contribution in [0.3, 0.4) is 0 Å². The summed E-state index contributed by atoms with van der Waals surface area (Å²) in [6, 6.07) is 29.9. The molecule has 0 bridgehead atoms. The summed E-state index contributed by atoms with van der Waals surface area (Å²) in [5, 5.41) is 4.30. The summed E-state index contributed by atoms with van der Waals surface area (Å²) in [4.78, 5) is 34.7. The van der Waals surface area contributed by atoms with Gasteiger partial charge < -0.3 is 0 Å². The lowest BCUT2D eigenvalue weighted by atomic mass is 9.90. The number of imide groups is 1. The van der Waals surface area contributed by atoms with E-state index in [-0.39, 0.29) is 11.8 Å². The highest BCUT2D eigenvalue weighted by molar-refractivity contribution is 6.30. The smallest absolute Gasteiger partial charge is 0.266 e. The van der Waals surface area contributed by atoms with E-state index in [0.29, 0.717) is 10.7 Å². The fourth-order valence-electron chi connectivity index (χ4n) is 4.78. The molecule has 0 aliphatic carbocycles. The number of hydrogen-bond acceptors (Lipinski definition) is 4. The second-order valence-corrected chi connectivity index (χ2v) is 8.69. The van der Waals surface area contributed by atoms with Crippen LogP contribution >= 0.6 is 11.6 Å². The van der Waals surface area contributed by atoms with Gasteiger partial charge in [0.2, 0.25) is 5.91 Å². The van der Waals surface area contributed by atoms with Gasteiger partial charge in [-0.15, -0.1) is 0 Å². The van der Waals surface area contributed by atoms with Crippen molar-refractivity contribution in [3.05, 3.63) is 108 Å². The summed E-state index contributed by atoms with van der Waals surface area (Å²) in [6.45, 7) is 0. The first-order valence-electron chi connectivity index (χ1n) is 10.7. The van der Waals surface area contributed by atoms with E-state index in [9.17, 15) is 9.59 Å². The molecule has 2 saturated heterocycles. The lowest BCUT2D eigenvalue weighted by Crippen LogP contribution is -2.37. The number of halogens is 1. The van der Waals surface area contributed by atoms with Gasteiger partial charge in [-0.2, -0.15) is 0 Å². The Hall–Kier alpha value is -3.67. The number of benzene rings is 4. The predicted octanol–water partition coefficient (Wildman–Crippen LogP) is 5.54. The summed E-state index contributed by atoms with van der Waals surface area (Å²) >= 11 is 6.11. The van der Waals surface area contributed by atoms with Gasteiger partial charge in [0.15, 0.2) is 6.10 Å². The molecule has 0 N–H and O–H groups in total. The van der Waals surface area contributed by atoms with Gasteiger partial charge >= 0.3 is 0 Å². The topological polar surface area (TPSA) is 49.9 Å². The van der Waals surface area contributed by atoms with E-state index in [2.05, 4.69) is 0 Å². The SMILES string of the molecule is O=C1C2ON(c3ccccc3)C(c3ccc(Cl)cc3)C2C(=O)N1c1ccc2ccccc2c1. The molecule has 0 radical (unpaired) electrons. The molecule has 2 amide bonds. The van der Waals surface area contributed by atoms with Gasteiger partial charge in [0.05, 0.1) is 17.4 Å². The number of hydroxylamine groups is 1. The maximum absolute atomic E-state index is 13.7. The van der Waals surface area contributed by atoms with Gasteiger partial charge in [0.25, 0.3) is 5.91 Å². The summed E-state index contributed by atoms with van der Waals surface area (Å²) in [5.41, 5.74) is 2.20. The summed E-state index contributed by atoms with van der Waals surface area (Å²) in [7, 11) is 0. The number of fused-ring (bicyclic) bond motifs is 2. The van der Waals surface area contributed by atoms with E-state index in [0.717, 1.165) is 22.0 Å². The molecular formula is C27H19ClN2O3. The fraction of sp³-hybridized carbons (Fsp3) is 0.111. The monoisotopic (exact) mass is 454 g/mol. The van der Waals surface area contributed by atoms with E-state index >= 15 is 0 Å². The zero-order valence-corrected chi connectivity index (χ0v) is 18.2. The third-order valence-corrected chi connectivity index (χ3v) is 6.58. The molecule has 2 heterocycles.